The summed E-state index contributed by atoms with van der Waals surface area (Å²) in [5, 5.41) is 8.97. The molecular formula is C21H38O4. The molecule has 1 fully saturated rings. The average Bonchev–Trinajstić information content (AvgIpc) is 2.62. The molecule has 4 heteroatoms. The Morgan fingerprint density at radius 3 is 1.68 bits per heavy atom. The first-order valence-electron chi connectivity index (χ1n) is 10.5. The molecule has 1 aliphatic rings. The number of aliphatic carboxylic acids is 1. The van der Waals surface area contributed by atoms with Crippen molar-refractivity contribution in [2.24, 2.45) is 11.8 Å². The highest BCUT2D eigenvalue weighted by Crippen LogP contribution is 2.29. The molecule has 0 spiro atoms. The zero-order chi connectivity index (χ0) is 18.3. The van der Waals surface area contributed by atoms with Crippen LogP contribution in [0.1, 0.15) is 103 Å². The molecule has 0 saturated heterocycles. The Hall–Kier alpha value is -1.06. The molecule has 0 heterocycles. The summed E-state index contributed by atoms with van der Waals surface area (Å²) >= 11 is 0. The maximum atomic E-state index is 12.0. The van der Waals surface area contributed by atoms with Crippen LogP contribution < -0.4 is 0 Å². The van der Waals surface area contributed by atoms with Crippen molar-refractivity contribution in [3.63, 3.8) is 0 Å². The average molecular weight is 355 g/mol. The Kier molecular flexibility index (Phi) is 12.4. The van der Waals surface area contributed by atoms with Gasteiger partial charge in [0.1, 0.15) is 0 Å². The summed E-state index contributed by atoms with van der Waals surface area (Å²) in [7, 11) is 0. The van der Waals surface area contributed by atoms with Crippen molar-refractivity contribution in [3.05, 3.63) is 0 Å². The predicted octanol–water partition coefficient (Wildman–Crippen LogP) is 5.73. The highest BCUT2D eigenvalue weighted by Gasteiger charge is 2.30. The highest BCUT2D eigenvalue weighted by atomic mass is 16.5. The molecule has 0 bridgehead atoms. The predicted molar refractivity (Wildman–Crippen MR) is 101 cm³/mol. The van der Waals surface area contributed by atoms with Gasteiger partial charge in [0.05, 0.1) is 18.4 Å². The molecule has 0 aliphatic heterocycles. The van der Waals surface area contributed by atoms with Crippen molar-refractivity contribution in [3.8, 4) is 0 Å². The topological polar surface area (TPSA) is 63.6 Å². The molecule has 0 atom stereocenters. The lowest BCUT2D eigenvalue weighted by Gasteiger charge is -2.24. The molecule has 146 valence electrons. The maximum Gasteiger partial charge on any atom is 0.308 e. The van der Waals surface area contributed by atoms with Gasteiger partial charge >= 0.3 is 11.9 Å². The van der Waals surface area contributed by atoms with E-state index in [9.17, 15) is 9.59 Å². The first-order valence-corrected chi connectivity index (χ1v) is 10.5. The molecule has 0 unspecified atom stereocenters. The SMILES string of the molecule is CCCCCCCCCCCCCOC(=O)C1CCC(C(=O)O)CC1. The van der Waals surface area contributed by atoms with Gasteiger partial charge in [0, 0.05) is 0 Å². The zero-order valence-corrected chi connectivity index (χ0v) is 16.1. The van der Waals surface area contributed by atoms with E-state index in [0.29, 0.717) is 32.3 Å². The van der Waals surface area contributed by atoms with Crippen LogP contribution >= 0.6 is 0 Å². The van der Waals surface area contributed by atoms with Crippen LogP contribution in [0.5, 0.6) is 0 Å². The van der Waals surface area contributed by atoms with Gasteiger partial charge in [-0.3, -0.25) is 9.59 Å². The van der Waals surface area contributed by atoms with E-state index in [-0.39, 0.29) is 17.8 Å². The zero-order valence-electron chi connectivity index (χ0n) is 16.1. The fourth-order valence-corrected chi connectivity index (χ4v) is 3.63. The van der Waals surface area contributed by atoms with Gasteiger partial charge in [0.25, 0.3) is 0 Å². The molecular weight excluding hydrogens is 316 g/mol. The summed E-state index contributed by atoms with van der Waals surface area (Å²) in [5.41, 5.74) is 0. The monoisotopic (exact) mass is 354 g/mol. The number of rotatable bonds is 14. The van der Waals surface area contributed by atoms with Gasteiger partial charge in [-0.2, -0.15) is 0 Å². The number of carbonyl (C=O) groups is 2. The van der Waals surface area contributed by atoms with E-state index >= 15 is 0 Å². The van der Waals surface area contributed by atoms with Gasteiger partial charge in [-0.1, -0.05) is 71.1 Å². The van der Waals surface area contributed by atoms with Crippen LogP contribution in [0.2, 0.25) is 0 Å². The molecule has 1 aliphatic carbocycles. The molecule has 0 aromatic rings. The number of unbranched alkanes of at least 4 members (excludes halogenated alkanes) is 10. The molecule has 4 nitrogen and oxygen atoms in total. The third kappa shape index (κ3) is 10.5. The van der Waals surface area contributed by atoms with E-state index < -0.39 is 5.97 Å². The van der Waals surface area contributed by atoms with Gasteiger partial charge in [-0.25, -0.2) is 0 Å². The minimum absolute atomic E-state index is 0.0803. The Labute approximate surface area is 153 Å². The molecule has 1 saturated carbocycles. The number of hydrogen-bond acceptors (Lipinski definition) is 3. The molecule has 0 aromatic heterocycles. The standard InChI is InChI=1S/C21H38O4/c1-2-3-4-5-6-7-8-9-10-11-12-17-25-21(24)19-15-13-18(14-16-19)20(22)23/h18-19H,2-17H2,1H3,(H,22,23). The quantitative estimate of drug-likeness (QED) is 0.319. The fraction of sp³-hybridized carbons (Fsp3) is 0.905. The summed E-state index contributed by atoms with van der Waals surface area (Å²) in [6, 6.07) is 0. The number of esters is 1. The van der Waals surface area contributed by atoms with E-state index in [2.05, 4.69) is 6.92 Å². The van der Waals surface area contributed by atoms with Crippen LogP contribution in [-0.2, 0) is 14.3 Å². The second-order valence-corrected chi connectivity index (χ2v) is 7.59. The summed E-state index contributed by atoms with van der Waals surface area (Å²) in [6.45, 7) is 2.77. The Balaban J connectivity index is 1.88. The normalized spacial score (nSPS) is 20.4. The second kappa shape index (κ2) is 14.1. The summed E-state index contributed by atoms with van der Waals surface area (Å²) in [6.07, 6.45) is 16.7. The lowest BCUT2D eigenvalue weighted by Crippen LogP contribution is -2.27. The number of carboxylic acids is 1. The Morgan fingerprint density at radius 1 is 0.760 bits per heavy atom. The minimum atomic E-state index is -0.729. The summed E-state index contributed by atoms with van der Waals surface area (Å²) in [4.78, 5) is 22.9. The van der Waals surface area contributed by atoms with E-state index in [0.717, 1.165) is 12.8 Å². The van der Waals surface area contributed by atoms with Gasteiger partial charge in [-0.05, 0) is 32.1 Å². The summed E-state index contributed by atoms with van der Waals surface area (Å²) < 4.78 is 5.37. The van der Waals surface area contributed by atoms with Crippen molar-refractivity contribution in [1.29, 1.82) is 0 Å². The molecule has 0 aromatic carbocycles. The van der Waals surface area contributed by atoms with E-state index in [1.165, 1.54) is 57.8 Å². The van der Waals surface area contributed by atoms with Crippen LogP contribution in [0.3, 0.4) is 0 Å². The number of hydrogen-bond donors (Lipinski definition) is 1. The van der Waals surface area contributed by atoms with Crippen molar-refractivity contribution >= 4 is 11.9 Å². The fourth-order valence-electron chi connectivity index (χ4n) is 3.63. The molecule has 0 amide bonds. The summed E-state index contributed by atoms with van der Waals surface area (Å²) in [5.74, 6) is -1.19. The first kappa shape index (κ1) is 22.0. The lowest BCUT2D eigenvalue weighted by molar-refractivity contribution is -0.152. The van der Waals surface area contributed by atoms with Crippen LogP contribution in [-0.4, -0.2) is 23.7 Å². The Morgan fingerprint density at radius 2 is 1.20 bits per heavy atom. The first-order chi connectivity index (χ1) is 12.1. The number of ether oxygens (including phenoxy) is 1. The van der Waals surface area contributed by atoms with Gasteiger partial charge < -0.3 is 9.84 Å². The lowest BCUT2D eigenvalue weighted by atomic mass is 9.82. The molecule has 0 radical (unpaired) electrons. The van der Waals surface area contributed by atoms with Crippen LogP contribution in [0, 0.1) is 11.8 Å². The third-order valence-corrected chi connectivity index (χ3v) is 5.40. The highest BCUT2D eigenvalue weighted by molar-refractivity contribution is 5.74. The van der Waals surface area contributed by atoms with Crippen LogP contribution in [0.15, 0.2) is 0 Å². The van der Waals surface area contributed by atoms with E-state index in [1.54, 1.807) is 0 Å². The van der Waals surface area contributed by atoms with Crippen molar-refractivity contribution in [2.45, 2.75) is 103 Å². The van der Waals surface area contributed by atoms with E-state index in [1.807, 2.05) is 0 Å². The Bertz CT molecular complexity index is 359. The van der Waals surface area contributed by atoms with Crippen molar-refractivity contribution in [1.82, 2.24) is 0 Å². The van der Waals surface area contributed by atoms with Crippen molar-refractivity contribution < 1.29 is 19.4 Å². The van der Waals surface area contributed by atoms with Gasteiger partial charge in [0.2, 0.25) is 0 Å². The molecule has 1 rings (SSSR count). The minimum Gasteiger partial charge on any atom is -0.481 e. The smallest absolute Gasteiger partial charge is 0.308 e. The van der Waals surface area contributed by atoms with Crippen molar-refractivity contribution in [2.75, 3.05) is 6.61 Å². The van der Waals surface area contributed by atoms with Gasteiger partial charge in [-0.15, -0.1) is 0 Å². The molecule has 1 N–H and O–H groups in total. The third-order valence-electron chi connectivity index (χ3n) is 5.40. The van der Waals surface area contributed by atoms with Gasteiger partial charge in [0.15, 0.2) is 0 Å². The van der Waals surface area contributed by atoms with Crippen LogP contribution in [0.4, 0.5) is 0 Å². The maximum absolute atomic E-state index is 12.0. The van der Waals surface area contributed by atoms with E-state index in [4.69, 9.17) is 9.84 Å². The second-order valence-electron chi connectivity index (χ2n) is 7.59. The van der Waals surface area contributed by atoms with Crippen LogP contribution in [0.25, 0.3) is 0 Å². The molecule has 25 heavy (non-hydrogen) atoms. The number of carboxylic acid groups (broad SMARTS) is 1. The number of carbonyl (C=O) groups excluding carboxylic acids is 1. The largest absolute Gasteiger partial charge is 0.481 e.